The lowest BCUT2D eigenvalue weighted by Crippen LogP contribution is -2.36. The first-order valence-corrected chi connectivity index (χ1v) is 17.1. The fourth-order valence-electron chi connectivity index (χ4n) is 7.74. The molecule has 12 heteroatoms. The fraction of sp³-hybridized carbons (Fsp3) is 0.412. The van der Waals surface area contributed by atoms with E-state index in [1.807, 2.05) is 31.2 Å². The summed E-state index contributed by atoms with van der Waals surface area (Å²) in [6, 6.07) is 16.2. The molecule has 0 amide bonds. The number of imidazole rings is 1. The molecule has 10 nitrogen and oxygen atoms in total. The fourth-order valence-corrected chi connectivity index (χ4v) is 8.32. The summed E-state index contributed by atoms with van der Waals surface area (Å²) in [4.78, 5) is 26.7. The number of halogens is 1. The zero-order chi connectivity index (χ0) is 31.0. The van der Waals surface area contributed by atoms with Crippen molar-refractivity contribution in [3.8, 4) is 22.9 Å². The Balaban J connectivity index is 0.980. The lowest BCUT2D eigenvalue weighted by Gasteiger charge is -2.35. The van der Waals surface area contributed by atoms with Crippen molar-refractivity contribution in [1.29, 1.82) is 0 Å². The maximum atomic E-state index is 11.8. The molecule has 3 aliphatic heterocycles. The summed E-state index contributed by atoms with van der Waals surface area (Å²) in [5.41, 5.74) is 4.93. The third kappa shape index (κ3) is 4.62. The average Bonchev–Trinajstić information content (AvgIpc) is 3.37. The van der Waals surface area contributed by atoms with E-state index >= 15 is 0 Å². The van der Waals surface area contributed by atoms with Gasteiger partial charge in [0.05, 0.1) is 34.4 Å². The molecular formula is C34H33ClN6O4S. The first kappa shape index (κ1) is 28.3. The Bertz CT molecular complexity index is 2010. The number of hydrogen-bond acceptors (Lipinski definition) is 9. The van der Waals surface area contributed by atoms with Crippen molar-refractivity contribution in [2.24, 2.45) is 5.41 Å². The predicted molar refractivity (Wildman–Crippen MR) is 176 cm³/mol. The Kier molecular flexibility index (Phi) is 6.49. The van der Waals surface area contributed by atoms with Gasteiger partial charge in [-0.25, -0.2) is 4.98 Å². The van der Waals surface area contributed by atoms with E-state index in [1.54, 1.807) is 12.3 Å². The second-order valence-electron chi connectivity index (χ2n) is 13.1. The van der Waals surface area contributed by atoms with Crippen LogP contribution in [0.25, 0.3) is 22.4 Å². The third-order valence-corrected chi connectivity index (χ3v) is 11.1. The van der Waals surface area contributed by atoms with Crippen molar-refractivity contribution >= 4 is 39.9 Å². The Morgan fingerprint density at radius 2 is 2.00 bits per heavy atom. The van der Waals surface area contributed by atoms with Gasteiger partial charge in [-0.1, -0.05) is 17.7 Å². The number of rotatable bonds is 5. The number of aromatic amines is 1. The van der Waals surface area contributed by atoms with Gasteiger partial charge in [0.15, 0.2) is 17.3 Å². The zero-order valence-electron chi connectivity index (χ0n) is 25.4. The SMILES string of the molecule is C[C@]1(c2ccc(Cl)cn2)Oc2cccc(N3CCC4(CC3)CC4c3nc4ccc(-c5nsc(=O)[nH]5)cc4n3C3CCCOC3)c2O1. The predicted octanol–water partition coefficient (Wildman–Crippen LogP) is 6.67. The van der Waals surface area contributed by atoms with Gasteiger partial charge in [0.25, 0.3) is 5.79 Å². The average molecular weight is 657 g/mol. The molecule has 1 aliphatic carbocycles. The number of para-hydroxylation sites is 1. The molecule has 6 heterocycles. The van der Waals surface area contributed by atoms with Crippen LogP contribution in [-0.2, 0) is 10.5 Å². The van der Waals surface area contributed by atoms with Crippen LogP contribution < -0.4 is 19.2 Å². The molecule has 1 saturated carbocycles. The molecule has 3 atom stereocenters. The molecule has 46 heavy (non-hydrogen) atoms. The van der Waals surface area contributed by atoms with Crippen molar-refractivity contribution in [3.05, 3.63) is 80.9 Å². The topological polar surface area (TPSA) is 107 Å². The number of nitrogens with one attached hydrogen (secondary N) is 1. The molecule has 1 N–H and O–H groups in total. The number of pyridine rings is 1. The van der Waals surface area contributed by atoms with E-state index in [1.165, 1.54) is 5.82 Å². The van der Waals surface area contributed by atoms with Crippen molar-refractivity contribution in [2.45, 2.75) is 56.8 Å². The van der Waals surface area contributed by atoms with Gasteiger partial charge in [0, 0.05) is 55.8 Å². The van der Waals surface area contributed by atoms with Crippen LogP contribution in [0.15, 0.2) is 59.5 Å². The Morgan fingerprint density at radius 3 is 2.76 bits per heavy atom. The first-order chi connectivity index (χ1) is 22.4. The van der Waals surface area contributed by atoms with Crippen molar-refractivity contribution in [1.82, 2.24) is 23.9 Å². The van der Waals surface area contributed by atoms with Crippen LogP contribution >= 0.6 is 23.1 Å². The Morgan fingerprint density at radius 1 is 1.11 bits per heavy atom. The number of anilines is 1. The van der Waals surface area contributed by atoms with E-state index in [9.17, 15) is 4.79 Å². The molecule has 9 rings (SSSR count). The van der Waals surface area contributed by atoms with Gasteiger partial charge < -0.3 is 23.7 Å². The summed E-state index contributed by atoms with van der Waals surface area (Å²) in [5.74, 6) is 2.65. The van der Waals surface area contributed by atoms with Crippen LogP contribution in [0.5, 0.6) is 11.5 Å². The van der Waals surface area contributed by atoms with Gasteiger partial charge in [0.2, 0.25) is 0 Å². The monoisotopic (exact) mass is 656 g/mol. The summed E-state index contributed by atoms with van der Waals surface area (Å²) in [6.45, 7) is 5.26. The molecule has 2 aromatic carbocycles. The smallest absolute Gasteiger partial charge is 0.323 e. The largest absolute Gasteiger partial charge is 0.443 e. The molecular weight excluding hydrogens is 624 g/mol. The summed E-state index contributed by atoms with van der Waals surface area (Å²) in [5, 5.41) is 0.574. The molecule has 1 spiro atoms. The maximum Gasteiger partial charge on any atom is 0.323 e. The van der Waals surface area contributed by atoms with E-state index in [-0.39, 0.29) is 16.3 Å². The first-order valence-electron chi connectivity index (χ1n) is 15.9. The van der Waals surface area contributed by atoms with E-state index in [2.05, 4.69) is 42.0 Å². The second kappa shape index (κ2) is 10.5. The molecule has 236 valence electrons. The highest BCUT2D eigenvalue weighted by Crippen LogP contribution is 2.65. The number of piperidine rings is 1. The van der Waals surface area contributed by atoms with Gasteiger partial charge in [-0.3, -0.25) is 14.8 Å². The van der Waals surface area contributed by atoms with Gasteiger partial charge in [-0.2, -0.15) is 4.37 Å². The molecule has 2 unspecified atom stereocenters. The highest BCUT2D eigenvalue weighted by Gasteiger charge is 2.58. The van der Waals surface area contributed by atoms with Crippen LogP contribution in [0.2, 0.25) is 5.02 Å². The second-order valence-corrected chi connectivity index (χ2v) is 14.3. The molecule has 0 bridgehead atoms. The van der Waals surface area contributed by atoms with E-state index in [0.29, 0.717) is 29.1 Å². The highest BCUT2D eigenvalue weighted by atomic mass is 35.5. The number of fused-ring (bicyclic) bond motifs is 2. The van der Waals surface area contributed by atoms with Gasteiger partial charge in [-0.15, -0.1) is 0 Å². The summed E-state index contributed by atoms with van der Waals surface area (Å²) in [6.07, 6.45) is 7.01. The minimum Gasteiger partial charge on any atom is -0.443 e. The van der Waals surface area contributed by atoms with Gasteiger partial charge >= 0.3 is 4.87 Å². The molecule has 4 aliphatic rings. The number of hydrogen-bond donors (Lipinski definition) is 1. The van der Waals surface area contributed by atoms with Crippen molar-refractivity contribution in [3.63, 3.8) is 0 Å². The molecule has 0 radical (unpaired) electrons. The molecule has 3 fully saturated rings. The van der Waals surface area contributed by atoms with Crippen LogP contribution in [0.1, 0.15) is 62.5 Å². The number of ether oxygens (including phenoxy) is 3. The highest BCUT2D eigenvalue weighted by molar-refractivity contribution is 7.03. The minimum absolute atomic E-state index is 0.150. The molecule has 2 saturated heterocycles. The lowest BCUT2D eigenvalue weighted by molar-refractivity contribution is -0.0716. The molecule has 5 aromatic rings. The van der Waals surface area contributed by atoms with E-state index in [0.717, 1.165) is 97.1 Å². The van der Waals surface area contributed by atoms with Crippen molar-refractivity contribution < 1.29 is 14.2 Å². The lowest BCUT2D eigenvalue weighted by atomic mass is 9.90. The zero-order valence-corrected chi connectivity index (χ0v) is 26.9. The van der Waals surface area contributed by atoms with Crippen molar-refractivity contribution in [2.75, 3.05) is 31.2 Å². The number of benzene rings is 2. The summed E-state index contributed by atoms with van der Waals surface area (Å²) < 4.78 is 25.6. The number of H-pyrrole nitrogens is 1. The quantitative estimate of drug-likeness (QED) is 0.224. The normalized spacial score (nSPS) is 25.0. The number of aromatic nitrogens is 5. The minimum atomic E-state index is -1.02. The third-order valence-electron chi connectivity index (χ3n) is 10.3. The standard InChI is InChI=1S/C34H33ClN6O4S/c1-33(28-10-8-21(35)18-36-28)44-27-6-2-5-25(29(27)45-33)40-13-11-34(12-14-40)17-23(34)31-37-24-9-7-20(30-38-32(42)46-39-30)16-26(24)41(31)22-4-3-15-43-19-22/h2,5-10,16,18,22-23H,3-4,11-15,17,19H2,1H3,(H,38,39,42)/t22?,23?,33-/m0/s1. The van der Waals surface area contributed by atoms with Crippen LogP contribution in [0.4, 0.5) is 5.69 Å². The maximum absolute atomic E-state index is 11.8. The number of nitrogens with zero attached hydrogens (tertiary/aromatic N) is 5. The van der Waals surface area contributed by atoms with Crippen LogP contribution in [0.3, 0.4) is 0 Å². The van der Waals surface area contributed by atoms with Gasteiger partial charge in [0.1, 0.15) is 11.5 Å². The Hall–Kier alpha value is -3.93. The summed E-state index contributed by atoms with van der Waals surface area (Å²) in [7, 11) is 0. The van der Waals surface area contributed by atoms with Crippen LogP contribution in [-0.4, -0.2) is 50.2 Å². The van der Waals surface area contributed by atoms with Gasteiger partial charge in [-0.05, 0) is 80.0 Å². The van der Waals surface area contributed by atoms with E-state index in [4.69, 9.17) is 30.8 Å². The van der Waals surface area contributed by atoms with Crippen LogP contribution in [0, 0.1) is 5.41 Å². The molecule has 3 aromatic heterocycles. The van der Waals surface area contributed by atoms with E-state index < -0.39 is 5.79 Å². The summed E-state index contributed by atoms with van der Waals surface area (Å²) >= 11 is 7.03. The Labute approximate surface area is 274 Å².